The summed E-state index contributed by atoms with van der Waals surface area (Å²) in [5.74, 6) is 0. The predicted molar refractivity (Wildman–Crippen MR) is 14.0 cm³/mol. The van der Waals surface area contributed by atoms with E-state index in [2.05, 4.69) is 0 Å². The Labute approximate surface area is 31.8 Å². The van der Waals surface area contributed by atoms with Gasteiger partial charge in [-0.1, -0.05) is 0 Å². The normalized spacial score (nSPS) is 0.750. The molecular formula is H4AlFNO. The summed E-state index contributed by atoms with van der Waals surface area (Å²) in [4.78, 5) is 0. The van der Waals surface area contributed by atoms with Gasteiger partial charge in [-0.15, -0.1) is 0 Å². The first-order chi connectivity index (χ1) is 1.00. The second-order valence-electron chi connectivity index (χ2n) is 0. The molecule has 0 aliphatic carbocycles. The van der Waals surface area contributed by atoms with Gasteiger partial charge in [-0.25, -0.2) is 0 Å². The van der Waals surface area contributed by atoms with Crippen LogP contribution in [0.1, 0.15) is 0 Å². The first kappa shape index (κ1) is 29.3. The molecule has 0 rings (SSSR count). The third-order valence-corrected chi connectivity index (χ3v) is 0. The summed E-state index contributed by atoms with van der Waals surface area (Å²) in [7, 11) is 0. The van der Waals surface area contributed by atoms with Crippen LogP contribution in [0.15, 0.2) is 0 Å². The summed E-state index contributed by atoms with van der Waals surface area (Å²) in [5, 5.41) is 0. The van der Waals surface area contributed by atoms with Crippen molar-refractivity contribution in [3.05, 3.63) is 0 Å². The zero-order valence-corrected chi connectivity index (χ0v) is 3.26. The Morgan fingerprint density at radius 2 is 1.25 bits per heavy atom. The van der Waals surface area contributed by atoms with E-state index in [1.54, 1.807) is 0 Å². The summed E-state index contributed by atoms with van der Waals surface area (Å²) in [6.45, 7) is 0. The van der Waals surface area contributed by atoms with E-state index in [0.29, 0.717) is 0 Å². The molecule has 0 aliphatic heterocycles. The van der Waals surface area contributed by atoms with Gasteiger partial charge < -0.3 is 6.15 Å². The number of halogens is 1. The summed E-state index contributed by atoms with van der Waals surface area (Å²) < 4.78 is 8.17. The van der Waals surface area contributed by atoms with E-state index in [9.17, 15) is 0 Å². The van der Waals surface area contributed by atoms with Gasteiger partial charge in [0.1, 0.15) is 0 Å². The van der Waals surface area contributed by atoms with Crippen molar-refractivity contribution in [1.82, 2.24) is 6.15 Å². The zero-order chi connectivity index (χ0) is 2.00. The Kier molecular flexibility index (Phi) is 2360. The molecule has 0 spiro atoms. The third kappa shape index (κ3) is 67.1. The first-order valence-corrected chi connectivity index (χ1v) is 0.707. The SMILES string of the molecule is F.N.[O]=[Al]. The molecule has 3 N–H and O–H groups in total. The molecule has 0 fully saturated rings. The quantitative estimate of drug-likeness (QED) is 0.410. The fourth-order valence-corrected chi connectivity index (χ4v) is 0. The van der Waals surface area contributed by atoms with Gasteiger partial charge in [-0.05, 0) is 0 Å². The monoisotopic (exact) mass is 80.0 g/mol. The van der Waals surface area contributed by atoms with Crippen molar-refractivity contribution in [2.24, 2.45) is 0 Å². The molecule has 0 aliphatic rings. The topological polar surface area (TPSA) is 52.1 Å². The predicted octanol–water partition coefficient (Wildman–Crippen LogP) is -0.185. The molecule has 4 heavy (non-hydrogen) atoms. The van der Waals surface area contributed by atoms with E-state index < -0.39 is 0 Å². The van der Waals surface area contributed by atoms with E-state index in [-0.39, 0.29) is 10.9 Å². The average molecular weight is 80.0 g/mol. The molecule has 0 saturated heterocycles. The van der Waals surface area contributed by atoms with Crippen molar-refractivity contribution in [2.75, 3.05) is 0 Å². The van der Waals surface area contributed by atoms with Gasteiger partial charge in [0.15, 0.2) is 0 Å². The van der Waals surface area contributed by atoms with E-state index in [1.165, 1.54) is 16.2 Å². The second kappa shape index (κ2) is 322. The van der Waals surface area contributed by atoms with Gasteiger partial charge >= 0.3 is 20.0 Å². The molecule has 0 heterocycles. The first-order valence-electron chi connectivity index (χ1n) is 0.236. The Morgan fingerprint density at radius 3 is 1.25 bits per heavy atom. The van der Waals surface area contributed by atoms with Crippen molar-refractivity contribution in [3.63, 3.8) is 0 Å². The van der Waals surface area contributed by atoms with Crippen LogP contribution in [0, 0.1) is 0 Å². The van der Waals surface area contributed by atoms with Crippen LogP contribution in [0.3, 0.4) is 0 Å². The summed E-state index contributed by atoms with van der Waals surface area (Å²) in [5.41, 5.74) is 0. The molecule has 25 valence electrons. The fraction of sp³-hybridized carbons (Fsp3) is 0. The molecule has 0 unspecified atom stereocenters. The number of hydrogen-bond donors (Lipinski definition) is 1. The van der Waals surface area contributed by atoms with Crippen molar-refractivity contribution in [3.8, 4) is 0 Å². The van der Waals surface area contributed by atoms with Crippen LogP contribution in [0.5, 0.6) is 0 Å². The Hall–Kier alpha value is 0.222. The minimum absolute atomic E-state index is 0. The fourth-order valence-electron chi connectivity index (χ4n) is 0. The Balaban J connectivity index is -0.00000000500. The Bertz CT molecular complexity index is 8.00. The summed E-state index contributed by atoms with van der Waals surface area (Å²) >= 11 is 1.17. The van der Waals surface area contributed by atoms with Crippen LogP contribution < -0.4 is 6.15 Å². The van der Waals surface area contributed by atoms with E-state index in [0.717, 1.165) is 0 Å². The van der Waals surface area contributed by atoms with Gasteiger partial charge in [0.25, 0.3) is 0 Å². The minimum atomic E-state index is 0. The van der Waals surface area contributed by atoms with E-state index in [4.69, 9.17) is 3.80 Å². The number of rotatable bonds is 0. The van der Waals surface area contributed by atoms with Gasteiger partial charge in [-0.2, -0.15) is 0 Å². The van der Waals surface area contributed by atoms with Crippen molar-refractivity contribution in [2.45, 2.75) is 0 Å². The van der Waals surface area contributed by atoms with Crippen LogP contribution >= 0.6 is 0 Å². The van der Waals surface area contributed by atoms with Crippen LogP contribution in [0.4, 0.5) is 4.70 Å². The van der Waals surface area contributed by atoms with Gasteiger partial charge in [0.2, 0.25) is 0 Å². The molecule has 0 atom stereocenters. The van der Waals surface area contributed by atoms with Crippen molar-refractivity contribution < 1.29 is 8.51 Å². The van der Waals surface area contributed by atoms with Gasteiger partial charge in [0, 0.05) is 0 Å². The maximum atomic E-state index is 8.17. The zero-order valence-electron chi connectivity index (χ0n) is 2.10. The molecule has 0 aromatic heterocycles. The standard InChI is InChI=1S/Al.FH.H3N.O/h;1H;1H3;. The molecule has 0 amide bonds. The third-order valence-electron chi connectivity index (χ3n) is 0. The summed E-state index contributed by atoms with van der Waals surface area (Å²) in [6.07, 6.45) is 0. The molecular weight excluding hydrogens is 76.0 g/mol. The second-order valence-corrected chi connectivity index (χ2v) is 0. The van der Waals surface area contributed by atoms with Gasteiger partial charge in [-0.3, -0.25) is 4.70 Å². The van der Waals surface area contributed by atoms with Crippen LogP contribution in [-0.4, -0.2) is 16.2 Å². The molecule has 0 bridgehead atoms. The summed E-state index contributed by atoms with van der Waals surface area (Å²) in [6, 6.07) is 0. The molecule has 0 saturated carbocycles. The van der Waals surface area contributed by atoms with Crippen LogP contribution in [0.25, 0.3) is 0 Å². The molecule has 0 aromatic rings. The molecule has 2 nitrogen and oxygen atoms in total. The van der Waals surface area contributed by atoms with Crippen LogP contribution in [-0.2, 0) is 3.80 Å². The van der Waals surface area contributed by atoms with Gasteiger partial charge in [0.05, 0.1) is 0 Å². The maximum absolute atomic E-state index is 8.17. The molecule has 1 radical (unpaired) electrons. The van der Waals surface area contributed by atoms with E-state index >= 15 is 0 Å². The Morgan fingerprint density at radius 1 is 1.25 bits per heavy atom. The average Bonchev–Trinajstić information content (AvgIpc) is 1.00. The molecule has 4 heteroatoms. The molecule has 0 aromatic carbocycles. The van der Waals surface area contributed by atoms with Crippen LogP contribution in [0.2, 0.25) is 0 Å². The number of hydrogen-bond acceptors (Lipinski definition) is 2. The van der Waals surface area contributed by atoms with E-state index in [1.807, 2.05) is 0 Å². The van der Waals surface area contributed by atoms with Crippen molar-refractivity contribution >= 4 is 16.2 Å². The van der Waals surface area contributed by atoms with Crippen molar-refractivity contribution in [1.29, 1.82) is 0 Å².